The van der Waals surface area contributed by atoms with Gasteiger partial charge in [0.15, 0.2) is 0 Å². The van der Waals surface area contributed by atoms with Gasteiger partial charge in [-0.25, -0.2) is 0 Å². The highest BCUT2D eigenvalue weighted by molar-refractivity contribution is 7.90. The van der Waals surface area contributed by atoms with Crippen LogP contribution in [0, 0.1) is 0 Å². The number of rotatable bonds is 3. The number of morpholine rings is 1. The predicted molar refractivity (Wildman–Crippen MR) is 80.0 cm³/mol. The third-order valence-corrected chi connectivity index (χ3v) is 4.74. The average Bonchev–Trinajstić information content (AvgIpc) is 2.32. The largest absolute Gasteiger partial charge is 0.399 e. The number of nitrogens with one attached hydrogen (secondary N) is 1. The molecule has 0 saturated carbocycles. The van der Waals surface area contributed by atoms with Crippen molar-refractivity contribution in [3.63, 3.8) is 0 Å². The molecule has 0 aromatic heterocycles. The van der Waals surface area contributed by atoms with Crippen molar-refractivity contribution in [1.82, 2.24) is 4.31 Å². The zero-order valence-electron chi connectivity index (χ0n) is 11.3. The Morgan fingerprint density at radius 1 is 1.35 bits per heavy atom. The maximum atomic E-state index is 12.4. The molecular weight excluding hydrogens is 302 g/mol. The van der Waals surface area contributed by atoms with Crippen molar-refractivity contribution in [2.75, 3.05) is 23.5 Å². The summed E-state index contributed by atoms with van der Waals surface area (Å²) in [4.78, 5) is 0. The van der Waals surface area contributed by atoms with Crippen LogP contribution in [0.1, 0.15) is 13.8 Å². The Morgan fingerprint density at radius 2 is 1.95 bits per heavy atom. The summed E-state index contributed by atoms with van der Waals surface area (Å²) in [6.07, 6.45) is -0.293. The number of halogens is 1. The van der Waals surface area contributed by atoms with Crippen LogP contribution in [0.5, 0.6) is 0 Å². The van der Waals surface area contributed by atoms with E-state index < -0.39 is 10.2 Å². The fraction of sp³-hybridized carbons (Fsp3) is 0.500. The smallest absolute Gasteiger partial charge is 0.301 e. The first-order valence-corrected chi connectivity index (χ1v) is 8.08. The molecule has 0 aliphatic carbocycles. The van der Waals surface area contributed by atoms with Crippen molar-refractivity contribution in [2.24, 2.45) is 0 Å². The summed E-state index contributed by atoms with van der Waals surface area (Å²) in [6, 6.07) is 4.66. The zero-order chi connectivity index (χ0) is 14.9. The quantitative estimate of drug-likeness (QED) is 0.830. The van der Waals surface area contributed by atoms with Crippen molar-refractivity contribution < 1.29 is 13.2 Å². The highest BCUT2D eigenvalue weighted by Crippen LogP contribution is 2.26. The minimum atomic E-state index is -3.68. The van der Waals surface area contributed by atoms with Crippen LogP contribution in [0.2, 0.25) is 5.02 Å². The molecule has 1 aromatic rings. The summed E-state index contributed by atoms with van der Waals surface area (Å²) >= 11 is 5.97. The molecule has 1 heterocycles. The van der Waals surface area contributed by atoms with Gasteiger partial charge in [0, 0.05) is 18.8 Å². The fourth-order valence-corrected chi connectivity index (χ4v) is 3.76. The third-order valence-electron chi connectivity index (χ3n) is 2.96. The molecule has 6 nitrogen and oxygen atoms in total. The summed E-state index contributed by atoms with van der Waals surface area (Å²) in [6.45, 7) is 4.29. The Kier molecular flexibility index (Phi) is 4.43. The second-order valence-corrected chi connectivity index (χ2v) is 7.00. The second-order valence-electron chi connectivity index (χ2n) is 4.92. The monoisotopic (exact) mass is 319 g/mol. The molecule has 2 atom stereocenters. The first kappa shape index (κ1) is 15.4. The maximum absolute atomic E-state index is 12.4. The molecule has 8 heteroatoms. The van der Waals surface area contributed by atoms with Gasteiger partial charge in [0.1, 0.15) is 0 Å². The average molecular weight is 320 g/mol. The SMILES string of the molecule is CC1CN(S(=O)(=O)Nc2cc(N)ccc2Cl)CC(C)O1. The molecule has 3 N–H and O–H groups in total. The highest BCUT2D eigenvalue weighted by atomic mass is 35.5. The van der Waals surface area contributed by atoms with Gasteiger partial charge in [0.2, 0.25) is 0 Å². The lowest BCUT2D eigenvalue weighted by atomic mass is 10.3. The van der Waals surface area contributed by atoms with Crippen LogP contribution in [0.4, 0.5) is 11.4 Å². The van der Waals surface area contributed by atoms with E-state index in [9.17, 15) is 8.42 Å². The van der Waals surface area contributed by atoms with E-state index >= 15 is 0 Å². The number of hydrogen-bond donors (Lipinski definition) is 2. The first-order valence-electron chi connectivity index (χ1n) is 6.26. The lowest BCUT2D eigenvalue weighted by molar-refractivity contribution is -0.0439. The Morgan fingerprint density at radius 3 is 2.55 bits per heavy atom. The lowest BCUT2D eigenvalue weighted by Gasteiger charge is -2.34. The maximum Gasteiger partial charge on any atom is 0.301 e. The van der Waals surface area contributed by atoms with E-state index in [0.29, 0.717) is 23.8 Å². The summed E-state index contributed by atoms with van der Waals surface area (Å²) in [5.74, 6) is 0. The molecule has 20 heavy (non-hydrogen) atoms. The van der Waals surface area contributed by atoms with Gasteiger partial charge in [-0.15, -0.1) is 0 Å². The van der Waals surface area contributed by atoms with Crippen LogP contribution < -0.4 is 10.5 Å². The highest BCUT2D eigenvalue weighted by Gasteiger charge is 2.31. The van der Waals surface area contributed by atoms with Crippen LogP contribution in [-0.4, -0.2) is 38.0 Å². The molecule has 1 fully saturated rings. The van der Waals surface area contributed by atoms with Gasteiger partial charge in [-0.05, 0) is 32.0 Å². The van der Waals surface area contributed by atoms with Gasteiger partial charge in [0.05, 0.1) is 22.9 Å². The van der Waals surface area contributed by atoms with Gasteiger partial charge < -0.3 is 10.5 Å². The first-order chi connectivity index (χ1) is 9.28. The van der Waals surface area contributed by atoms with Gasteiger partial charge in [-0.1, -0.05) is 11.6 Å². The molecule has 1 saturated heterocycles. The van der Waals surface area contributed by atoms with E-state index in [1.54, 1.807) is 12.1 Å². The minimum Gasteiger partial charge on any atom is -0.399 e. The van der Waals surface area contributed by atoms with E-state index in [1.165, 1.54) is 10.4 Å². The van der Waals surface area contributed by atoms with Crippen LogP contribution in [0.15, 0.2) is 18.2 Å². The number of benzene rings is 1. The number of nitrogens with zero attached hydrogens (tertiary/aromatic N) is 1. The zero-order valence-corrected chi connectivity index (χ0v) is 12.9. The minimum absolute atomic E-state index is 0.147. The Labute approximate surface area is 124 Å². The van der Waals surface area contributed by atoms with Crippen LogP contribution in [-0.2, 0) is 14.9 Å². The summed E-state index contributed by atoms with van der Waals surface area (Å²) < 4.78 is 34.1. The number of anilines is 2. The molecule has 112 valence electrons. The number of ether oxygens (including phenoxy) is 1. The third kappa shape index (κ3) is 3.54. The molecule has 2 rings (SSSR count). The van der Waals surface area contributed by atoms with E-state index in [2.05, 4.69) is 4.72 Å². The summed E-state index contributed by atoms with van der Waals surface area (Å²) in [5.41, 5.74) is 6.36. The molecule has 0 radical (unpaired) electrons. The Hall–Kier alpha value is -1.02. The summed E-state index contributed by atoms with van der Waals surface area (Å²) in [7, 11) is -3.68. The van der Waals surface area contributed by atoms with Crippen LogP contribution in [0.25, 0.3) is 0 Å². The summed E-state index contributed by atoms with van der Waals surface area (Å²) in [5, 5.41) is 0.303. The van der Waals surface area contributed by atoms with Crippen molar-refractivity contribution in [2.45, 2.75) is 26.1 Å². The van der Waals surface area contributed by atoms with Crippen molar-refractivity contribution >= 4 is 33.2 Å². The van der Waals surface area contributed by atoms with Crippen LogP contribution >= 0.6 is 11.6 Å². The van der Waals surface area contributed by atoms with E-state index in [1.807, 2.05) is 13.8 Å². The standard InChI is InChI=1S/C12H18ClN3O3S/c1-8-6-16(7-9(2)19-8)20(17,18)15-12-5-10(14)3-4-11(12)13/h3-5,8-9,15H,6-7,14H2,1-2H3. The number of nitrogen functional groups attached to an aromatic ring is 1. The Bertz CT molecular complexity index is 584. The molecule has 0 spiro atoms. The van der Waals surface area contributed by atoms with Gasteiger partial charge in [-0.2, -0.15) is 12.7 Å². The molecule has 0 bridgehead atoms. The van der Waals surface area contributed by atoms with E-state index in [4.69, 9.17) is 22.1 Å². The molecule has 1 aliphatic rings. The fourth-order valence-electron chi connectivity index (χ4n) is 2.15. The number of nitrogens with two attached hydrogens (primary N) is 1. The molecule has 0 amide bonds. The second kappa shape index (κ2) is 5.77. The lowest BCUT2D eigenvalue weighted by Crippen LogP contribution is -2.49. The molecule has 2 unspecified atom stereocenters. The predicted octanol–water partition coefficient (Wildman–Crippen LogP) is 1.69. The topological polar surface area (TPSA) is 84.7 Å². The molecule has 1 aliphatic heterocycles. The molecule has 1 aromatic carbocycles. The van der Waals surface area contributed by atoms with Crippen molar-refractivity contribution in [3.8, 4) is 0 Å². The van der Waals surface area contributed by atoms with Gasteiger partial charge >= 0.3 is 10.2 Å². The van der Waals surface area contributed by atoms with Crippen LogP contribution in [0.3, 0.4) is 0 Å². The van der Waals surface area contributed by atoms with E-state index in [-0.39, 0.29) is 17.9 Å². The normalized spacial score (nSPS) is 24.6. The van der Waals surface area contributed by atoms with Gasteiger partial charge in [-0.3, -0.25) is 4.72 Å². The molecular formula is C12H18ClN3O3S. The van der Waals surface area contributed by atoms with Gasteiger partial charge in [0.25, 0.3) is 0 Å². The van der Waals surface area contributed by atoms with E-state index in [0.717, 1.165) is 0 Å². The van der Waals surface area contributed by atoms with Crippen molar-refractivity contribution in [1.29, 1.82) is 0 Å². The van der Waals surface area contributed by atoms with Crippen molar-refractivity contribution in [3.05, 3.63) is 23.2 Å². The number of hydrogen-bond acceptors (Lipinski definition) is 4. The Balaban J connectivity index is 2.20.